The van der Waals surface area contributed by atoms with Gasteiger partial charge in [-0.05, 0) is 0 Å². The third kappa shape index (κ3) is 3.47. The number of rotatable bonds is 3. The summed E-state index contributed by atoms with van der Waals surface area (Å²) in [5, 5.41) is 10.4. The van der Waals surface area contributed by atoms with Crippen LogP contribution in [0.3, 0.4) is 0 Å². The van der Waals surface area contributed by atoms with Crippen LogP contribution < -0.4 is 0 Å². The van der Waals surface area contributed by atoms with Gasteiger partial charge in [0.25, 0.3) is 0 Å². The van der Waals surface area contributed by atoms with Crippen LogP contribution in [0.15, 0.2) is 0 Å². The van der Waals surface area contributed by atoms with Gasteiger partial charge >= 0.3 is 59.1 Å². The van der Waals surface area contributed by atoms with Crippen molar-refractivity contribution in [3.8, 4) is 5.40 Å². The van der Waals surface area contributed by atoms with Crippen molar-refractivity contribution in [2.24, 2.45) is 0 Å². The molecule has 1 nitrogen and oxygen atoms in total. The molecular weight excluding hydrogens is 176 g/mol. The van der Waals surface area contributed by atoms with Gasteiger partial charge in [0.1, 0.15) is 0 Å². The Hall–Kier alpha value is 0.476. The monoisotopic (exact) mass is 185 g/mol. The molecule has 0 atom stereocenters. The van der Waals surface area contributed by atoms with E-state index in [1.807, 2.05) is 0 Å². The Labute approximate surface area is 59.3 Å². The molecule has 0 bridgehead atoms. The molecule has 0 aromatic rings. The van der Waals surface area contributed by atoms with Crippen LogP contribution >= 0.6 is 9.70 Å². The number of hydrogen-bond acceptors (Lipinski definition) is 2. The first-order chi connectivity index (χ1) is 3.85. The van der Waals surface area contributed by atoms with E-state index in [0.29, 0.717) is 0 Å². The van der Waals surface area contributed by atoms with Crippen LogP contribution in [-0.4, -0.2) is 15.0 Å². The van der Waals surface area contributed by atoms with Crippen LogP contribution in [0.2, 0.25) is 9.95 Å². The third-order valence-corrected chi connectivity index (χ3v) is 11.6. The molecule has 8 heavy (non-hydrogen) atoms. The zero-order valence-electron chi connectivity index (χ0n) is 5.35. The van der Waals surface area contributed by atoms with Crippen molar-refractivity contribution in [2.75, 3.05) is 0 Å². The molecule has 0 rings (SSSR count). The number of thiocyanates is 1. The molecule has 0 aliphatic rings. The van der Waals surface area contributed by atoms with Crippen LogP contribution in [0.5, 0.6) is 0 Å². The zero-order valence-corrected chi connectivity index (χ0v) is 8.59. The first kappa shape index (κ1) is 8.48. The predicted octanol–water partition coefficient (Wildman–Crippen LogP) is 2.23. The van der Waals surface area contributed by atoms with E-state index in [4.69, 9.17) is 5.26 Å². The summed E-state index contributed by atoms with van der Waals surface area (Å²) in [6.45, 7) is 4.39. The summed E-state index contributed by atoms with van der Waals surface area (Å²) in [6, 6.07) is 0. The summed E-state index contributed by atoms with van der Waals surface area (Å²) in [5.41, 5.74) is 0. The quantitative estimate of drug-likeness (QED) is 0.498. The average molecular weight is 186 g/mol. The molecule has 0 N–H and O–H groups in total. The predicted molar refractivity (Wildman–Crippen MR) is 39.9 cm³/mol. The van der Waals surface area contributed by atoms with E-state index in [2.05, 4.69) is 19.2 Å². The molecule has 44 valence electrons. The van der Waals surface area contributed by atoms with E-state index in [-0.39, 0.29) is 0 Å². The van der Waals surface area contributed by atoms with Gasteiger partial charge in [0, 0.05) is 0 Å². The topological polar surface area (TPSA) is 23.8 Å². The molecule has 0 radical (unpaired) electrons. The van der Waals surface area contributed by atoms with E-state index >= 15 is 0 Å². The molecule has 0 saturated carbocycles. The fourth-order valence-electron chi connectivity index (χ4n) is 0.530. The van der Waals surface area contributed by atoms with Crippen molar-refractivity contribution in [1.29, 1.82) is 5.26 Å². The molecule has 0 heterocycles. The fourth-order valence-corrected chi connectivity index (χ4v) is 5.26. The molecule has 0 amide bonds. The van der Waals surface area contributed by atoms with Gasteiger partial charge in [-0.25, -0.2) is 0 Å². The van der Waals surface area contributed by atoms with Crippen molar-refractivity contribution in [1.82, 2.24) is 0 Å². The van der Waals surface area contributed by atoms with Gasteiger partial charge in [0.2, 0.25) is 0 Å². The van der Waals surface area contributed by atoms with Gasteiger partial charge in [-0.3, -0.25) is 0 Å². The van der Waals surface area contributed by atoms with Gasteiger partial charge in [0.15, 0.2) is 0 Å². The second-order valence-electron chi connectivity index (χ2n) is 1.65. The Morgan fingerprint density at radius 3 is 2.12 bits per heavy atom. The summed E-state index contributed by atoms with van der Waals surface area (Å²) in [4.78, 5) is 2.59. The number of nitrogens with zero attached hydrogens (tertiary/aromatic N) is 1. The fraction of sp³-hybridized carbons (Fsp3) is 0.800. The van der Waals surface area contributed by atoms with Gasteiger partial charge in [-0.1, -0.05) is 0 Å². The molecule has 0 saturated heterocycles. The van der Waals surface area contributed by atoms with E-state index in [1.54, 1.807) is 9.70 Å². The van der Waals surface area contributed by atoms with E-state index in [9.17, 15) is 0 Å². The molecule has 0 unspecified atom stereocenters. The second-order valence-corrected chi connectivity index (χ2v) is 13.0. The van der Waals surface area contributed by atoms with Crippen LogP contribution in [0.4, 0.5) is 0 Å². The Morgan fingerprint density at radius 2 is 2.00 bits per heavy atom. The minimum atomic E-state index is -1.05. The molecular formula is C5H10GaNS. The molecule has 0 fully saturated rings. The normalized spacial score (nSPS) is 8.12. The van der Waals surface area contributed by atoms with Crippen LogP contribution in [0, 0.1) is 10.7 Å². The third-order valence-electron chi connectivity index (χ3n) is 1.13. The Bertz CT molecular complexity index is 84.9. The van der Waals surface area contributed by atoms with Gasteiger partial charge < -0.3 is 0 Å². The van der Waals surface area contributed by atoms with Gasteiger partial charge in [0.05, 0.1) is 0 Å². The van der Waals surface area contributed by atoms with Crippen LogP contribution in [0.25, 0.3) is 0 Å². The Morgan fingerprint density at radius 1 is 1.50 bits per heavy atom. The molecule has 0 aromatic heterocycles. The van der Waals surface area contributed by atoms with Crippen molar-refractivity contribution < 1.29 is 0 Å². The van der Waals surface area contributed by atoms with Crippen molar-refractivity contribution in [3.63, 3.8) is 0 Å². The summed E-state index contributed by atoms with van der Waals surface area (Å²) < 4.78 is 0. The molecule has 0 spiro atoms. The number of hydrogen-bond donors (Lipinski definition) is 0. The molecule has 0 aromatic carbocycles. The van der Waals surface area contributed by atoms with Gasteiger partial charge in [-0.15, -0.1) is 0 Å². The SMILES string of the molecule is C[CH2][Ga]([CH2]C)[S]C#N. The Balaban J connectivity index is 3.25. The zero-order chi connectivity index (χ0) is 6.41. The van der Waals surface area contributed by atoms with Crippen molar-refractivity contribution >= 4 is 24.7 Å². The molecule has 0 aliphatic heterocycles. The second kappa shape index (κ2) is 5.61. The van der Waals surface area contributed by atoms with Crippen molar-refractivity contribution in [2.45, 2.75) is 23.8 Å². The molecule has 0 aliphatic carbocycles. The number of nitriles is 1. The average Bonchev–Trinajstić information content (AvgIpc) is 1.83. The summed E-state index contributed by atoms with van der Waals surface area (Å²) in [5.74, 6) is 0. The Kier molecular flexibility index (Phi) is 5.94. The van der Waals surface area contributed by atoms with E-state index in [1.165, 1.54) is 9.95 Å². The van der Waals surface area contributed by atoms with Crippen LogP contribution in [-0.2, 0) is 0 Å². The molecule has 3 heteroatoms. The van der Waals surface area contributed by atoms with Crippen LogP contribution in [0.1, 0.15) is 13.8 Å². The minimum absolute atomic E-state index is 1.05. The maximum absolute atomic E-state index is 8.26. The van der Waals surface area contributed by atoms with Crippen molar-refractivity contribution in [3.05, 3.63) is 0 Å². The van der Waals surface area contributed by atoms with Gasteiger partial charge in [-0.2, -0.15) is 0 Å². The maximum atomic E-state index is 8.26. The standard InChI is InChI=1S/2C2H5.CHNS.Ga/c2*1-2;2-1-3;/h2*1H2,2H3;3H;/q;;;+1/p-1. The van der Waals surface area contributed by atoms with E-state index < -0.39 is 15.0 Å². The van der Waals surface area contributed by atoms with E-state index in [0.717, 1.165) is 0 Å². The summed E-state index contributed by atoms with van der Waals surface area (Å²) in [6.07, 6.45) is 0. The first-order valence-corrected chi connectivity index (χ1v) is 10.2. The summed E-state index contributed by atoms with van der Waals surface area (Å²) in [7, 11) is 1.57. The first-order valence-electron chi connectivity index (χ1n) is 2.89. The summed E-state index contributed by atoms with van der Waals surface area (Å²) >= 11 is -1.05.